The van der Waals surface area contributed by atoms with Crippen molar-refractivity contribution in [1.29, 1.82) is 0 Å². The van der Waals surface area contributed by atoms with Gasteiger partial charge >= 0.3 is 0 Å². The second-order valence-corrected chi connectivity index (χ2v) is 7.39. The van der Waals surface area contributed by atoms with E-state index in [1.54, 1.807) is 16.8 Å². The van der Waals surface area contributed by atoms with Crippen LogP contribution in [0.3, 0.4) is 0 Å². The van der Waals surface area contributed by atoms with Crippen molar-refractivity contribution in [3.63, 3.8) is 0 Å². The third-order valence-electron chi connectivity index (χ3n) is 5.19. The molecule has 0 atom stereocenters. The number of carbonyl (C=O) groups excluding carboxylic acids is 1. The van der Waals surface area contributed by atoms with Crippen molar-refractivity contribution in [2.75, 3.05) is 0 Å². The van der Waals surface area contributed by atoms with E-state index in [9.17, 15) is 4.79 Å². The summed E-state index contributed by atoms with van der Waals surface area (Å²) in [5, 5.41) is 13.5. The molecule has 0 amide bonds. The maximum absolute atomic E-state index is 13.8. The second kappa shape index (κ2) is 9.24. The Balaban J connectivity index is 1.77. The fourth-order valence-electron chi connectivity index (χ4n) is 3.64. The van der Waals surface area contributed by atoms with E-state index >= 15 is 0 Å². The van der Waals surface area contributed by atoms with Crippen LogP contribution in [0.15, 0.2) is 132 Å². The Morgan fingerprint density at radius 2 is 1.18 bits per heavy atom. The number of ketones is 1. The van der Waals surface area contributed by atoms with Gasteiger partial charge in [0.2, 0.25) is 5.82 Å². The van der Waals surface area contributed by atoms with E-state index in [1.807, 2.05) is 109 Å². The van der Waals surface area contributed by atoms with E-state index in [2.05, 4.69) is 10.2 Å². The molecule has 0 saturated carbocycles. The molecule has 5 aromatic rings. The van der Waals surface area contributed by atoms with Crippen LogP contribution in [-0.2, 0) is 0 Å². The monoisotopic (exact) mass is 428 g/mol. The van der Waals surface area contributed by atoms with Crippen molar-refractivity contribution in [2.45, 2.75) is 0 Å². The van der Waals surface area contributed by atoms with E-state index in [1.165, 1.54) is 0 Å². The van der Waals surface area contributed by atoms with Crippen LogP contribution in [0.4, 0.5) is 11.5 Å². The number of hydrogen-bond acceptors (Lipinski definition) is 4. The standard InChI is InChI=1S/C28H20N4O/c33-27(22-15-7-2-8-16-22)25-26(21-13-5-1-6-14-21)32(24-19-11-4-12-20-24)31-28(25)30-29-23-17-9-3-10-18-23/h1-20H. The van der Waals surface area contributed by atoms with Gasteiger partial charge in [0.05, 0.1) is 22.6 Å². The van der Waals surface area contributed by atoms with Crippen molar-refractivity contribution in [3.05, 3.63) is 132 Å². The van der Waals surface area contributed by atoms with Crippen LogP contribution in [0.2, 0.25) is 0 Å². The SMILES string of the molecule is O=C(c1ccccc1)c1c(N=Nc2ccccc2)nn(-c2ccccc2)c1-c1ccccc1. The van der Waals surface area contributed by atoms with Crippen molar-refractivity contribution in [3.8, 4) is 16.9 Å². The van der Waals surface area contributed by atoms with Crippen LogP contribution in [0.5, 0.6) is 0 Å². The van der Waals surface area contributed by atoms with Gasteiger partial charge in [0.15, 0.2) is 5.78 Å². The summed E-state index contributed by atoms with van der Waals surface area (Å²) in [6.07, 6.45) is 0. The van der Waals surface area contributed by atoms with Gasteiger partial charge in [-0.25, -0.2) is 4.68 Å². The first kappa shape index (κ1) is 20.3. The van der Waals surface area contributed by atoms with Gasteiger partial charge in [-0.2, -0.15) is 0 Å². The quantitative estimate of drug-likeness (QED) is 0.212. The van der Waals surface area contributed by atoms with Gasteiger partial charge in [0.1, 0.15) is 0 Å². The molecule has 0 fully saturated rings. The van der Waals surface area contributed by atoms with Gasteiger partial charge < -0.3 is 0 Å². The van der Waals surface area contributed by atoms with Gasteiger partial charge in [-0.15, -0.1) is 15.3 Å². The molecular formula is C28H20N4O. The Labute approximate surface area is 191 Å². The van der Waals surface area contributed by atoms with Crippen LogP contribution in [0.1, 0.15) is 15.9 Å². The number of aromatic nitrogens is 2. The lowest BCUT2D eigenvalue weighted by molar-refractivity contribution is 0.104. The molecule has 0 unspecified atom stereocenters. The van der Waals surface area contributed by atoms with Gasteiger partial charge in [-0.3, -0.25) is 4.79 Å². The van der Waals surface area contributed by atoms with Crippen molar-refractivity contribution < 1.29 is 4.79 Å². The molecule has 0 N–H and O–H groups in total. The zero-order valence-electron chi connectivity index (χ0n) is 17.7. The molecule has 5 rings (SSSR count). The van der Waals surface area contributed by atoms with Gasteiger partial charge in [-0.1, -0.05) is 97.1 Å². The molecule has 4 aromatic carbocycles. The highest BCUT2D eigenvalue weighted by Gasteiger charge is 2.26. The normalized spacial score (nSPS) is 11.0. The van der Waals surface area contributed by atoms with Crippen LogP contribution < -0.4 is 0 Å². The Morgan fingerprint density at radius 3 is 1.82 bits per heavy atom. The summed E-state index contributed by atoms with van der Waals surface area (Å²) in [6, 6.07) is 38.1. The van der Waals surface area contributed by atoms with Crippen LogP contribution in [0.25, 0.3) is 16.9 Å². The highest BCUT2D eigenvalue weighted by molar-refractivity contribution is 6.15. The predicted molar refractivity (Wildman–Crippen MR) is 129 cm³/mol. The molecular weight excluding hydrogens is 408 g/mol. The minimum absolute atomic E-state index is 0.154. The number of nitrogens with zero attached hydrogens (tertiary/aromatic N) is 4. The molecule has 0 aliphatic carbocycles. The average Bonchev–Trinajstić information content (AvgIpc) is 3.29. The molecule has 0 saturated heterocycles. The molecule has 33 heavy (non-hydrogen) atoms. The van der Waals surface area contributed by atoms with E-state index in [0.717, 1.165) is 11.3 Å². The van der Waals surface area contributed by atoms with Crippen molar-refractivity contribution >= 4 is 17.3 Å². The molecule has 1 heterocycles. The number of rotatable bonds is 6. The Hall–Kier alpha value is -4.64. The van der Waals surface area contributed by atoms with E-state index in [0.29, 0.717) is 22.5 Å². The third kappa shape index (κ3) is 4.25. The minimum atomic E-state index is -0.154. The number of para-hydroxylation sites is 1. The molecule has 0 spiro atoms. The van der Waals surface area contributed by atoms with Crippen molar-refractivity contribution in [1.82, 2.24) is 9.78 Å². The lowest BCUT2D eigenvalue weighted by Gasteiger charge is -2.09. The fourth-order valence-corrected chi connectivity index (χ4v) is 3.64. The molecule has 5 heteroatoms. The van der Waals surface area contributed by atoms with Gasteiger partial charge in [-0.05, 0) is 24.3 Å². The number of hydrogen-bond donors (Lipinski definition) is 0. The highest BCUT2D eigenvalue weighted by Crippen LogP contribution is 2.35. The number of carbonyl (C=O) groups is 1. The highest BCUT2D eigenvalue weighted by atomic mass is 16.1. The zero-order chi connectivity index (χ0) is 22.5. The summed E-state index contributed by atoms with van der Waals surface area (Å²) in [7, 11) is 0. The summed E-state index contributed by atoms with van der Waals surface area (Å²) < 4.78 is 1.77. The maximum Gasteiger partial charge on any atom is 0.208 e. The molecule has 0 bridgehead atoms. The summed E-state index contributed by atoms with van der Waals surface area (Å²) in [6.45, 7) is 0. The number of benzene rings is 4. The van der Waals surface area contributed by atoms with E-state index in [-0.39, 0.29) is 11.6 Å². The second-order valence-electron chi connectivity index (χ2n) is 7.39. The Morgan fingerprint density at radius 1 is 0.636 bits per heavy atom. The van der Waals surface area contributed by atoms with E-state index < -0.39 is 0 Å². The topological polar surface area (TPSA) is 59.6 Å². The first-order valence-electron chi connectivity index (χ1n) is 10.6. The zero-order valence-corrected chi connectivity index (χ0v) is 17.7. The van der Waals surface area contributed by atoms with Crippen LogP contribution in [0, 0.1) is 0 Å². The Bertz CT molecular complexity index is 1390. The summed E-state index contributed by atoms with van der Waals surface area (Å²) in [5.74, 6) is 0.119. The largest absolute Gasteiger partial charge is 0.288 e. The molecule has 0 aliphatic rings. The molecule has 5 nitrogen and oxygen atoms in total. The van der Waals surface area contributed by atoms with Gasteiger partial charge in [0.25, 0.3) is 0 Å². The molecule has 0 aliphatic heterocycles. The first-order chi connectivity index (χ1) is 16.3. The summed E-state index contributed by atoms with van der Waals surface area (Å²) in [4.78, 5) is 13.8. The van der Waals surface area contributed by atoms with Crippen LogP contribution in [-0.4, -0.2) is 15.6 Å². The molecule has 158 valence electrons. The van der Waals surface area contributed by atoms with Crippen LogP contribution >= 0.6 is 0 Å². The minimum Gasteiger partial charge on any atom is -0.288 e. The lowest BCUT2D eigenvalue weighted by Crippen LogP contribution is -2.05. The lowest BCUT2D eigenvalue weighted by atomic mass is 9.99. The average molecular weight is 428 g/mol. The smallest absolute Gasteiger partial charge is 0.208 e. The van der Waals surface area contributed by atoms with E-state index in [4.69, 9.17) is 5.10 Å². The fraction of sp³-hybridized carbons (Fsp3) is 0. The third-order valence-corrected chi connectivity index (χ3v) is 5.19. The first-order valence-corrected chi connectivity index (χ1v) is 10.6. The van der Waals surface area contributed by atoms with Crippen molar-refractivity contribution in [2.24, 2.45) is 10.2 Å². The summed E-state index contributed by atoms with van der Waals surface area (Å²) >= 11 is 0. The molecule has 0 radical (unpaired) electrons. The predicted octanol–water partition coefficient (Wildman–Crippen LogP) is 7.19. The Kier molecular flexibility index (Phi) is 5.68. The van der Waals surface area contributed by atoms with Gasteiger partial charge in [0, 0.05) is 11.1 Å². The molecule has 1 aromatic heterocycles. The number of azo groups is 1. The maximum atomic E-state index is 13.8. The summed E-state index contributed by atoms with van der Waals surface area (Å²) in [5.41, 5.74) is 4.05.